The second kappa shape index (κ2) is 6.29. The maximum absolute atomic E-state index is 13.7. The molecule has 0 fully saturated rings. The lowest BCUT2D eigenvalue weighted by atomic mass is 9.90. The summed E-state index contributed by atoms with van der Waals surface area (Å²) in [5.41, 5.74) is 2.76. The summed E-state index contributed by atoms with van der Waals surface area (Å²) >= 11 is 3.47. The van der Waals surface area contributed by atoms with E-state index in [4.69, 9.17) is 0 Å². The first-order valence-corrected chi connectivity index (χ1v) is 7.29. The Kier molecular flexibility index (Phi) is 4.70. The van der Waals surface area contributed by atoms with Crippen molar-refractivity contribution in [2.24, 2.45) is 0 Å². The third kappa shape index (κ3) is 3.41. The molecular formula is C16H15BrF2. The van der Waals surface area contributed by atoms with Gasteiger partial charge in [-0.3, -0.25) is 0 Å². The summed E-state index contributed by atoms with van der Waals surface area (Å²) in [5, 5.41) is 0.716. The summed E-state index contributed by atoms with van der Waals surface area (Å²) < 4.78 is 26.9. The van der Waals surface area contributed by atoms with Crippen LogP contribution in [0.2, 0.25) is 0 Å². The normalized spacial score (nSPS) is 12.4. The molecule has 3 heteroatoms. The van der Waals surface area contributed by atoms with E-state index in [2.05, 4.69) is 15.9 Å². The molecule has 0 spiro atoms. The highest BCUT2D eigenvalue weighted by Gasteiger charge is 2.15. The predicted molar refractivity (Wildman–Crippen MR) is 77.8 cm³/mol. The number of benzene rings is 2. The molecule has 1 atom stereocenters. The summed E-state index contributed by atoms with van der Waals surface area (Å²) in [5.74, 6) is -0.604. The summed E-state index contributed by atoms with van der Waals surface area (Å²) in [4.78, 5) is 0. The maximum Gasteiger partial charge on any atom is 0.126 e. The lowest BCUT2D eigenvalue weighted by Gasteiger charge is -2.17. The van der Waals surface area contributed by atoms with Crippen molar-refractivity contribution in [1.82, 2.24) is 0 Å². The van der Waals surface area contributed by atoms with Gasteiger partial charge in [-0.05, 0) is 54.2 Å². The van der Waals surface area contributed by atoms with Gasteiger partial charge in [0.05, 0.1) is 0 Å². The second-order valence-electron chi connectivity index (χ2n) is 4.65. The molecule has 1 unspecified atom stereocenters. The fourth-order valence-electron chi connectivity index (χ4n) is 2.26. The van der Waals surface area contributed by atoms with Crippen LogP contribution in [-0.2, 0) is 6.42 Å². The molecule has 0 saturated heterocycles. The number of hydrogen-bond acceptors (Lipinski definition) is 0. The van der Waals surface area contributed by atoms with Crippen molar-refractivity contribution in [2.45, 2.75) is 19.3 Å². The monoisotopic (exact) mass is 324 g/mol. The first-order chi connectivity index (χ1) is 9.11. The fourth-order valence-corrected chi connectivity index (χ4v) is 2.84. The van der Waals surface area contributed by atoms with Crippen molar-refractivity contribution in [3.63, 3.8) is 0 Å². The molecule has 19 heavy (non-hydrogen) atoms. The van der Waals surface area contributed by atoms with E-state index in [1.54, 1.807) is 0 Å². The largest absolute Gasteiger partial charge is 0.207 e. The van der Waals surface area contributed by atoms with Gasteiger partial charge >= 0.3 is 0 Å². The third-order valence-electron chi connectivity index (χ3n) is 3.29. The van der Waals surface area contributed by atoms with Crippen molar-refractivity contribution in [3.8, 4) is 0 Å². The van der Waals surface area contributed by atoms with Gasteiger partial charge in [0.15, 0.2) is 0 Å². The van der Waals surface area contributed by atoms with Crippen LogP contribution in [0.5, 0.6) is 0 Å². The topological polar surface area (TPSA) is 0 Å². The lowest BCUT2D eigenvalue weighted by molar-refractivity contribution is 0.577. The minimum absolute atomic E-state index is 0.137. The molecule has 0 aliphatic carbocycles. The van der Waals surface area contributed by atoms with E-state index in [0.717, 1.165) is 6.07 Å². The Morgan fingerprint density at radius 2 is 1.84 bits per heavy atom. The van der Waals surface area contributed by atoms with E-state index in [1.165, 1.54) is 23.3 Å². The van der Waals surface area contributed by atoms with Crippen LogP contribution < -0.4 is 0 Å². The summed E-state index contributed by atoms with van der Waals surface area (Å²) in [6.45, 7) is 2.03. The smallest absolute Gasteiger partial charge is 0.126 e. The molecule has 0 nitrogen and oxygen atoms in total. The zero-order valence-corrected chi connectivity index (χ0v) is 12.3. The Labute approximate surface area is 120 Å². The van der Waals surface area contributed by atoms with Crippen LogP contribution in [0.4, 0.5) is 8.78 Å². The molecule has 0 aliphatic heterocycles. The van der Waals surface area contributed by atoms with Crippen LogP contribution in [0.25, 0.3) is 0 Å². The van der Waals surface area contributed by atoms with Crippen molar-refractivity contribution in [3.05, 3.63) is 70.8 Å². The average Bonchev–Trinajstić information content (AvgIpc) is 2.41. The van der Waals surface area contributed by atoms with Gasteiger partial charge in [0.2, 0.25) is 0 Å². The minimum atomic E-state index is -0.394. The van der Waals surface area contributed by atoms with Gasteiger partial charge in [-0.1, -0.05) is 40.2 Å². The molecule has 0 aliphatic rings. The van der Waals surface area contributed by atoms with Gasteiger partial charge in [0.1, 0.15) is 11.6 Å². The number of halogens is 3. The second-order valence-corrected chi connectivity index (χ2v) is 5.30. The summed E-state index contributed by atoms with van der Waals surface area (Å²) in [6, 6.07) is 11.6. The van der Waals surface area contributed by atoms with E-state index < -0.39 is 5.82 Å². The molecule has 0 bridgehead atoms. The molecule has 0 radical (unpaired) electrons. The van der Waals surface area contributed by atoms with Crippen molar-refractivity contribution in [2.75, 3.05) is 5.33 Å². The lowest BCUT2D eigenvalue weighted by Crippen LogP contribution is -2.08. The standard InChI is InChI=1S/C16H15BrF2/c1-11-4-2-3-5-15(11)13(10-17)8-12-9-14(18)6-7-16(12)19/h2-7,9,13H,8,10H2,1H3. The Morgan fingerprint density at radius 1 is 1.11 bits per heavy atom. The van der Waals surface area contributed by atoms with Gasteiger partial charge in [-0.25, -0.2) is 8.78 Å². The van der Waals surface area contributed by atoms with Crippen molar-refractivity contribution in [1.29, 1.82) is 0 Å². The molecule has 0 aromatic heterocycles. The third-order valence-corrected chi connectivity index (χ3v) is 4.07. The number of rotatable bonds is 4. The summed E-state index contributed by atoms with van der Waals surface area (Å²) in [6.07, 6.45) is 0.486. The Balaban J connectivity index is 2.29. The van der Waals surface area contributed by atoms with Crippen LogP contribution in [0.1, 0.15) is 22.6 Å². The number of hydrogen-bond donors (Lipinski definition) is 0. The highest BCUT2D eigenvalue weighted by atomic mass is 79.9. The Morgan fingerprint density at radius 3 is 2.53 bits per heavy atom. The van der Waals surface area contributed by atoms with E-state index in [9.17, 15) is 8.78 Å². The SMILES string of the molecule is Cc1ccccc1C(CBr)Cc1cc(F)ccc1F. The number of alkyl halides is 1. The molecule has 2 rings (SSSR count). The highest BCUT2D eigenvalue weighted by molar-refractivity contribution is 9.09. The van der Waals surface area contributed by atoms with E-state index in [0.29, 0.717) is 17.3 Å². The predicted octanol–water partition coefficient (Wildman–Crippen LogP) is 4.99. The average molecular weight is 325 g/mol. The highest BCUT2D eigenvalue weighted by Crippen LogP contribution is 2.27. The molecule has 0 heterocycles. The molecule has 0 N–H and O–H groups in total. The molecule has 0 saturated carbocycles. The van der Waals surface area contributed by atoms with Crippen molar-refractivity contribution >= 4 is 15.9 Å². The minimum Gasteiger partial charge on any atom is -0.207 e. The van der Waals surface area contributed by atoms with E-state index in [1.807, 2.05) is 31.2 Å². The van der Waals surface area contributed by atoms with Gasteiger partial charge < -0.3 is 0 Å². The zero-order valence-electron chi connectivity index (χ0n) is 10.7. The van der Waals surface area contributed by atoms with Gasteiger partial charge in [0, 0.05) is 5.33 Å². The Hall–Kier alpha value is -1.22. The van der Waals surface area contributed by atoms with Gasteiger partial charge in [-0.2, -0.15) is 0 Å². The van der Waals surface area contributed by atoms with Crippen molar-refractivity contribution < 1.29 is 8.78 Å². The molecule has 100 valence electrons. The quantitative estimate of drug-likeness (QED) is 0.695. The zero-order chi connectivity index (χ0) is 13.8. The van der Waals surface area contributed by atoms with E-state index >= 15 is 0 Å². The molecule has 2 aromatic rings. The molecule has 2 aromatic carbocycles. The number of aryl methyl sites for hydroxylation is 1. The van der Waals surface area contributed by atoms with Crippen LogP contribution in [0.3, 0.4) is 0 Å². The van der Waals surface area contributed by atoms with Gasteiger partial charge in [-0.15, -0.1) is 0 Å². The molecular weight excluding hydrogens is 310 g/mol. The van der Waals surface area contributed by atoms with E-state index in [-0.39, 0.29) is 11.7 Å². The van der Waals surface area contributed by atoms with Crippen LogP contribution in [0, 0.1) is 18.6 Å². The van der Waals surface area contributed by atoms with Gasteiger partial charge in [0.25, 0.3) is 0 Å². The Bertz CT molecular complexity index is 566. The first kappa shape index (κ1) is 14.2. The van der Waals surface area contributed by atoms with Crippen LogP contribution in [0.15, 0.2) is 42.5 Å². The maximum atomic E-state index is 13.7. The van der Waals surface area contributed by atoms with Crippen LogP contribution >= 0.6 is 15.9 Å². The summed E-state index contributed by atoms with van der Waals surface area (Å²) in [7, 11) is 0. The fraction of sp³-hybridized carbons (Fsp3) is 0.250. The first-order valence-electron chi connectivity index (χ1n) is 6.17. The molecule has 0 amide bonds. The van der Waals surface area contributed by atoms with Crippen LogP contribution in [-0.4, -0.2) is 5.33 Å².